The minimum atomic E-state index is -0.250. The molecule has 2 aromatic rings. The maximum absolute atomic E-state index is 13.1. The van der Waals surface area contributed by atoms with Crippen molar-refractivity contribution in [1.82, 2.24) is 9.97 Å². The van der Waals surface area contributed by atoms with Gasteiger partial charge < -0.3 is 11.1 Å². The van der Waals surface area contributed by atoms with Gasteiger partial charge in [-0.1, -0.05) is 12.1 Å². The first-order valence-electron chi connectivity index (χ1n) is 5.68. The van der Waals surface area contributed by atoms with Gasteiger partial charge in [-0.15, -0.1) is 0 Å². The SMILES string of the molecule is Cc1nc(N)cc(NC(C)c2cccc(F)c2)n1. The first kappa shape index (κ1) is 12.3. The van der Waals surface area contributed by atoms with Crippen LogP contribution < -0.4 is 11.1 Å². The summed E-state index contributed by atoms with van der Waals surface area (Å²) in [5.74, 6) is 1.40. The third-order valence-corrected chi connectivity index (χ3v) is 2.57. The molecule has 0 amide bonds. The van der Waals surface area contributed by atoms with Crippen molar-refractivity contribution in [3.63, 3.8) is 0 Å². The fourth-order valence-electron chi connectivity index (χ4n) is 1.75. The van der Waals surface area contributed by atoms with E-state index in [1.54, 1.807) is 19.1 Å². The van der Waals surface area contributed by atoms with Gasteiger partial charge in [-0.25, -0.2) is 14.4 Å². The number of nitrogens with zero attached hydrogens (tertiary/aromatic N) is 2. The number of benzene rings is 1. The molecule has 0 fully saturated rings. The predicted octanol–water partition coefficient (Wildman–Crippen LogP) is 2.68. The van der Waals surface area contributed by atoms with E-state index in [2.05, 4.69) is 15.3 Å². The van der Waals surface area contributed by atoms with Gasteiger partial charge in [-0.05, 0) is 31.5 Å². The summed E-state index contributed by atoms with van der Waals surface area (Å²) in [6.45, 7) is 3.71. The molecule has 18 heavy (non-hydrogen) atoms. The van der Waals surface area contributed by atoms with Gasteiger partial charge in [0.15, 0.2) is 0 Å². The maximum Gasteiger partial charge on any atom is 0.132 e. The van der Waals surface area contributed by atoms with Crippen molar-refractivity contribution in [2.75, 3.05) is 11.1 Å². The third-order valence-electron chi connectivity index (χ3n) is 2.57. The minimum absolute atomic E-state index is 0.0607. The molecule has 3 N–H and O–H groups in total. The average Bonchev–Trinajstić information content (AvgIpc) is 2.27. The number of aryl methyl sites for hydroxylation is 1. The Morgan fingerprint density at radius 1 is 1.28 bits per heavy atom. The molecule has 0 aliphatic heterocycles. The van der Waals surface area contributed by atoms with E-state index in [-0.39, 0.29) is 11.9 Å². The van der Waals surface area contributed by atoms with Crippen LogP contribution in [-0.2, 0) is 0 Å². The average molecular weight is 246 g/mol. The summed E-state index contributed by atoms with van der Waals surface area (Å²) in [4.78, 5) is 8.22. The van der Waals surface area contributed by atoms with Crippen molar-refractivity contribution in [2.24, 2.45) is 0 Å². The lowest BCUT2D eigenvalue weighted by Crippen LogP contribution is -2.09. The molecule has 94 valence electrons. The highest BCUT2D eigenvalue weighted by molar-refractivity contribution is 5.46. The van der Waals surface area contributed by atoms with Crippen LogP contribution in [-0.4, -0.2) is 9.97 Å². The van der Waals surface area contributed by atoms with Crippen LogP contribution in [0.2, 0.25) is 0 Å². The van der Waals surface area contributed by atoms with E-state index in [4.69, 9.17) is 5.73 Å². The lowest BCUT2D eigenvalue weighted by atomic mass is 10.1. The Bertz CT molecular complexity index is 536. The molecule has 0 radical (unpaired) electrons. The monoisotopic (exact) mass is 246 g/mol. The highest BCUT2D eigenvalue weighted by Crippen LogP contribution is 2.19. The van der Waals surface area contributed by atoms with Crippen LogP contribution in [0.3, 0.4) is 0 Å². The number of rotatable bonds is 3. The van der Waals surface area contributed by atoms with Crippen LogP contribution in [0.5, 0.6) is 0 Å². The molecule has 1 aromatic carbocycles. The Morgan fingerprint density at radius 3 is 2.72 bits per heavy atom. The summed E-state index contributed by atoms with van der Waals surface area (Å²) >= 11 is 0. The van der Waals surface area contributed by atoms with E-state index in [1.807, 2.05) is 13.0 Å². The summed E-state index contributed by atoms with van der Waals surface area (Å²) < 4.78 is 13.1. The molecular formula is C13H15FN4. The molecule has 0 bridgehead atoms. The topological polar surface area (TPSA) is 63.8 Å². The van der Waals surface area contributed by atoms with Gasteiger partial charge in [0, 0.05) is 6.07 Å². The summed E-state index contributed by atoms with van der Waals surface area (Å²) in [6, 6.07) is 8.05. The van der Waals surface area contributed by atoms with Gasteiger partial charge in [-0.2, -0.15) is 0 Å². The second kappa shape index (κ2) is 5.00. The first-order valence-corrected chi connectivity index (χ1v) is 5.68. The van der Waals surface area contributed by atoms with Crippen LogP contribution in [0.1, 0.15) is 24.4 Å². The molecule has 2 rings (SSSR count). The fraction of sp³-hybridized carbons (Fsp3) is 0.231. The standard InChI is InChI=1S/C13H15FN4/c1-8(10-4-3-5-11(14)6-10)16-13-7-12(15)17-9(2)18-13/h3-8H,1-2H3,(H3,15,16,17,18). The van der Waals surface area contributed by atoms with E-state index in [0.29, 0.717) is 17.5 Å². The summed E-state index contributed by atoms with van der Waals surface area (Å²) in [6.07, 6.45) is 0. The number of hydrogen-bond donors (Lipinski definition) is 2. The molecule has 0 saturated heterocycles. The van der Waals surface area contributed by atoms with Crippen molar-refractivity contribution < 1.29 is 4.39 Å². The molecule has 1 atom stereocenters. The maximum atomic E-state index is 13.1. The van der Waals surface area contributed by atoms with Crippen LogP contribution in [0.4, 0.5) is 16.0 Å². The number of anilines is 2. The Balaban J connectivity index is 2.18. The number of halogens is 1. The minimum Gasteiger partial charge on any atom is -0.384 e. The Hall–Kier alpha value is -2.17. The molecular weight excluding hydrogens is 231 g/mol. The fourth-order valence-corrected chi connectivity index (χ4v) is 1.75. The van der Waals surface area contributed by atoms with Crippen molar-refractivity contribution in [3.8, 4) is 0 Å². The second-order valence-electron chi connectivity index (χ2n) is 4.15. The smallest absolute Gasteiger partial charge is 0.132 e. The highest BCUT2D eigenvalue weighted by Gasteiger charge is 2.08. The Labute approximate surface area is 105 Å². The number of aromatic nitrogens is 2. The molecule has 0 spiro atoms. The van der Waals surface area contributed by atoms with Gasteiger partial charge >= 0.3 is 0 Å². The largest absolute Gasteiger partial charge is 0.384 e. The van der Waals surface area contributed by atoms with E-state index in [9.17, 15) is 4.39 Å². The molecule has 1 aromatic heterocycles. The summed E-state index contributed by atoms with van der Waals surface area (Å²) in [5, 5.41) is 3.17. The molecule has 0 aliphatic carbocycles. The van der Waals surface area contributed by atoms with Crippen LogP contribution in [0.25, 0.3) is 0 Å². The molecule has 1 unspecified atom stereocenters. The zero-order valence-electron chi connectivity index (χ0n) is 10.3. The van der Waals surface area contributed by atoms with Crippen molar-refractivity contribution >= 4 is 11.6 Å². The highest BCUT2D eigenvalue weighted by atomic mass is 19.1. The van der Waals surface area contributed by atoms with Gasteiger partial charge in [0.25, 0.3) is 0 Å². The van der Waals surface area contributed by atoms with Crippen LogP contribution >= 0.6 is 0 Å². The molecule has 1 heterocycles. The van der Waals surface area contributed by atoms with Crippen LogP contribution in [0, 0.1) is 12.7 Å². The van der Waals surface area contributed by atoms with Gasteiger partial charge in [0.2, 0.25) is 0 Å². The predicted molar refractivity (Wildman–Crippen MR) is 69.6 cm³/mol. The zero-order valence-corrected chi connectivity index (χ0v) is 10.3. The Morgan fingerprint density at radius 2 is 2.06 bits per heavy atom. The van der Waals surface area contributed by atoms with E-state index in [1.165, 1.54) is 12.1 Å². The van der Waals surface area contributed by atoms with Gasteiger partial charge in [-0.3, -0.25) is 0 Å². The molecule has 5 heteroatoms. The normalized spacial score (nSPS) is 12.2. The first-order chi connectivity index (χ1) is 8.54. The quantitative estimate of drug-likeness (QED) is 0.874. The lowest BCUT2D eigenvalue weighted by Gasteiger charge is -2.15. The number of nitrogens with two attached hydrogens (primary N) is 1. The van der Waals surface area contributed by atoms with Gasteiger partial charge in [0.05, 0.1) is 6.04 Å². The van der Waals surface area contributed by atoms with Crippen LogP contribution in [0.15, 0.2) is 30.3 Å². The summed E-state index contributed by atoms with van der Waals surface area (Å²) in [5.41, 5.74) is 6.50. The van der Waals surface area contributed by atoms with E-state index >= 15 is 0 Å². The van der Waals surface area contributed by atoms with E-state index in [0.717, 1.165) is 5.56 Å². The summed E-state index contributed by atoms with van der Waals surface area (Å²) in [7, 11) is 0. The zero-order chi connectivity index (χ0) is 13.1. The van der Waals surface area contributed by atoms with Gasteiger partial charge in [0.1, 0.15) is 23.3 Å². The van der Waals surface area contributed by atoms with Crippen molar-refractivity contribution in [2.45, 2.75) is 19.9 Å². The molecule has 0 aliphatic rings. The number of nitrogens with one attached hydrogen (secondary N) is 1. The van der Waals surface area contributed by atoms with Crippen molar-refractivity contribution in [1.29, 1.82) is 0 Å². The molecule has 0 saturated carbocycles. The van der Waals surface area contributed by atoms with Crippen molar-refractivity contribution in [3.05, 3.63) is 47.5 Å². The number of nitrogen functional groups attached to an aromatic ring is 1. The Kier molecular flexibility index (Phi) is 3.41. The lowest BCUT2D eigenvalue weighted by molar-refractivity contribution is 0.623. The van der Waals surface area contributed by atoms with E-state index < -0.39 is 0 Å². The molecule has 4 nitrogen and oxygen atoms in total. The second-order valence-corrected chi connectivity index (χ2v) is 4.15. The number of hydrogen-bond acceptors (Lipinski definition) is 4. The third kappa shape index (κ3) is 2.94.